The number of carboxylic acid groups (broad SMARTS) is 1. The molecule has 7 nitrogen and oxygen atoms in total. The summed E-state index contributed by atoms with van der Waals surface area (Å²) in [4.78, 5) is 22.9. The molecule has 122 valence electrons. The topological polar surface area (TPSA) is 121 Å². The van der Waals surface area contributed by atoms with Crippen LogP contribution in [-0.4, -0.2) is 65.3 Å². The predicted molar refractivity (Wildman–Crippen MR) is 83.2 cm³/mol. The summed E-state index contributed by atoms with van der Waals surface area (Å²) in [6.45, 7) is 3.88. The Kier molecular flexibility index (Phi) is 8.29. The Balaban J connectivity index is 0.00000441. The molecule has 0 aliphatic heterocycles. The van der Waals surface area contributed by atoms with Gasteiger partial charge in [0.1, 0.15) is 5.70 Å². The van der Waals surface area contributed by atoms with Crippen LogP contribution in [0.25, 0.3) is 0 Å². The van der Waals surface area contributed by atoms with Crippen molar-refractivity contribution in [2.45, 2.75) is 39.5 Å². The molecule has 1 aliphatic carbocycles. The van der Waals surface area contributed by atoms with E-state index in [1.807, 2.05) is 13.8 Å². The van der Waals surface area contributed by atoms with E-state index in [0.717, 1.165) is 6.42 Å². The van der Waals surface area contributed by atoms with Crippen LogP contribution in [0.2, 0.25) is 0 Å². The van der Waals surface area contributed by atoms with Crippen LogP contribution in [0.4, 0.5) is 0 Å². The number of amides is 1. The second kappa shape index (κ2) is 8.44. The van der Waals surface area contributed by atoms with Crippen molar-refractivity contribution >= 4 is 51.6 Å². The quantitative estimate of drug-likeness (QED) is 0.256. The summed E-state index contributed by atoms with van der Waals surface area (Å²) in [5.41, 5.74) is -0.266. The van der Waals surface area contributed by atoms with Crippen LogP contribution >= 0.6 is 0 Å². The normalized spacial score (nSPS) is 20.0. The Labute approximate surface area is 152 Å². The van der Waals surface area contributed by atoms with Gasteiger partial charge in [0, 0.05) is 5.92 Å². The average molecular weight is 343 g/mol. The zero-order valence-corrected chi connectivity index (χ0v) is 12.9. The molecule has 1 fully saturated rings. The van der Waals surface area contributed by atoms with Crippen molar-refractivity contribution in [3.8, 4) is 0 Å². The van der Waals surface area contributed by atoms with E-state index in [-0.39, 0.29) is 64.7 Å². The van der Waals surface area contributed by atoms with E-state index in [9.17, 15) is 18.0 Å². The van der Waals surface area contributed by atoms with Gasteiger partial charge >= 0.3 is 35.5 Å². The number of hydrogen-bond donors (Lipinski definition) is 3. The second-order valence-electron chi connectivity index (χ2n) is 5.94. The molecule has 0 bridgehead atoms. The molecule has 3 N–H and O–H groups in total. The number of aliphatic carboxylic acids is 1. The Hall–Kier alpha value is -0.410. The molecule has 0 aromatic rings. The number of rotatable bonds is 8. The predicted octanol–water partition coefficient (Wildman–Crippen LogP) is 0.527. The van der Waals surface area contributed by atoms with Crippen molar-refractivity contribution < 1.29 is 27.7 Å². The molecule has 1 unspecified atom stereocenters. The van der Waals surface area contributed by atoms with Gasteiger partial charge in [0.2, 0.25) is 5.91 Å². The summed E-state index contributed by atoms with van der Waals surface area (Å²) in [5, 5.41) is 11.4. The van der Waals surface area contributed by atoms with E-state index in [1.165, 1.54) is 6.08 Å². The molecule has 1 saturated carbocycles. The fraction of sp³-hybridized carbons (Fsp3) is 0.692. The summed E-state index contributed by atoms with van der Waals surface area (Å²) in [5.74, 6) is -2.05. The fourth-order valence-corrected chi connectivity index (χ4v) is 2.57. The third-order valence-electron chi connectivity index (χ3n) is 3.52. The molecule has 1 aliphatic rings. The van der Waals surface area contributed by atoms with Crippen LogP contribution in [0.5, 0.6) is 0 Å². The molecule has 0 heterocycles. The van der Waals surface area contributed by atoms with Gasteiger partial charge in [0.25, 0.3) is 10.1 Å². The molecular formula is C13H22NNaO6S. The third kappa shape index (κ3) is 7.73. The Bertz CT molecular complexity index is 555. The summed E-state index contributed by atoms with van der Waals surface area (Å²) < 4.78 is 29.6. The number of carbonyl (C=O) groups is 2. The number of carbonyl (C=O) groups excluding carboxylic acids is 1. The van der Waals surface area contributed by atoms with Gasteiger partial charge in [-0.3, -0.25) is 9.35 Å². The molecule has 1 atom stereocenters. The monoisotopic (exact) mass is 343 g/mol. The van der Waals surface area contributed by atoms with Crippen LogP contribution in [0, 0.1) is 11.3 Å². The molecule has 1 amide bonds. The van der Waals surface area contributed by atoms with Crippen molar-refractivity contribution in [1.29, 1.82) is 0 Å². The van der Waals surface area contributed by atoms with E-state index >= 15 is 0 Å². The first-order valence-corrected chi connectivity index (χ1v) is 8.33. The van der Waals surface area contributed by atoms with Gasteiger partial charge in [-0.1, -0.05) is 19.9 Å². The van der Waals surface area contributed by atoms with Crippen LogP contribution < -0.4 is 5.32 Å². The molecule has 9 heteroatoms. The van der Waals surface area contributed by atoms with Crippen LogP contribution in [0.3, 0.4) is 0 Å². The molecule has 0 aromatic heterocycles. The van der Waals surface area contributed by atoms with Crippen molar-refractivity contribution in [3.63, 3.8) is 0 Å². The minimum atomic E-state index is -3.98. The average Bonchev–Trinajstić information content (AvgIpc) is 2.94. The van der Waals surface area contributed by atoms with Gasteiger partial charge in [-0.2, -0.15) is 8.42 Å². The van der Waals surface area contributed by atoms with Crippen LogP contribution in [-0.2, 0) is 19.7 Å². The summed E-state index contributed by atoms with van der Waals surface area (Å²) in [6, 6.07) is 0. The second-order valence-corrected chi connectivity index (χ2v) is 7.51. The van der Waals surface area contributed by atoms with Crippen molar-refractivity contribution in [1.82, 2.24) is 5.32 Å². The fourth-order valence-electron chi connectivity index (χ4n) is 2.00. The standard InChI is InChI=1S/C13H21NO6S.Na.H/c1-13(2)8-9(13)11(15)14-10(12(16)17)6-4-3-5-7-21(18,19)20;;/h6,9H,3-5,7-8H2,1-2H3,(H,14,15)(H,16,17)(H,18,19,20);;/b10-6+;;. The summed E-state index contributed by atoms with van der Waals surface area (Å²) >= 11 is 0. The van der Waals surface area contributed by atoms with E-state index in [1.54, 1.807) is 0 Å². The molecule has 0 spiro atoms. The maximum absolute atomic E-state index is 11.8. The molecular weight excluding hydrogens is 321 g/mol. The molecule has 22 heavy (non-hydrogen) atoms. The number of unbranched alkanes of at least 4 members (excludes halogenated alkanes) is 2. The first-order chi connectivity index (χ1) is 9.53. The van der Waals surface area contributed by atoms with Gasteiger partial charge in [-0.05, 0) is 31.1 Å². The van der Waals surface area contributed by atoms with Crippen molar-refractivity contribution in [3.05, 3.63) is 11.8 Å². The van der Waals surface area contributed by atoms with Crippen molar-refractivity contribution in [2.75, 3.05) is 5.75 Å². The van der Waals surface area contributed by atoms with Crippen LogP contribution in [0.15, 0.2) is 11.8 Å². The zero-order chi connectivity index (χ0) is 16.3. The van der Waals surface area contributed by atoms with E-state index in [2.05, 4.69) is 5.32 Å². The summed E-state index contributed by atoms with van der Waals surface area (Å²) in [6.07, 6.45) is 3.04. The van der Waals surface area contributed by atoms with Crippen LogP contribution in [0.1, 0.15) is 39.5 Å². The van der Waals surface area contributed by atoms with E-state index in [0.29, 0.717) is 12.8 Å². The third-order valence-corrected chi connectivity index (χ3v) is 4.33. The van der Waals surface area contributed by atoms with Gasteiger partial charge < -0.3 is 10.4 Å². The molecule has 0 saturated heterocycles. The number of allylic oxidation sites excluding steroid dienone is 1. The molecule has 0 aromatic carbocycles. The number of carboxylic acids is 1. The van der Waals surface area contributed by atoms with E-state index < -0.39 is 16.1 Å². The van der Waals surface area contributed by atoms with E-state index in [4.69, 9.17) is 9.66 Å². The Morgan fingerprint density at radius 1 is 1.32 bits per heavy atom. The minimum absolute atomic E-state index is 0. The maximum atomic E-state index is 11.8. The van der Waals surface area contributed by atoms with Gasteiger partial charge in [-0.15, -0.1) is 0 Å². The Morgan fingerprint density at radius 3 is 2.27 bits per heavy atom. The molecule has 1 rings (SSSR count). The number of hydrogen-bond acceptors (Lipinski definition) is 4. The zero-order valence-electron chi connectivity index (χ0n) is 12.1. The SMILES string of the molecule is CC1(C)CC1C(=O)N/C(=C/CCCCS(=O)(=O)O)C(=O)O.[NaH]. The van der Waals surface area contributed by atoms with Crippen molar-refractivity contribution in [2.24, 2.45) is 11.3 Å². The Morgan fingerprint density at radius 2 is 1.86 bits per heavy atom. The van der Waals surface area contributed by atoms with Gasteiger partial charge in [0.15, 0.2) is 0 Å². The number of nitrogens with one attached hydrogen (secondary N) is 1. The molecule has 0 radical (unpaired) electrons. The summed E-state index contributed by atoms with van der Waals surface area (Å²) in [7, 11) is -3.98. The van der Waals surface area contributed by atoms with Gasteiger partial charge in [0.05, 0.1) is 5.75 Å². The van der Waals surface area contributed by atoms with Gasteiger partial charge in [-0.25, -0.2) is 4.79 Å². The first kappa shape index (κ1) is 21.6. The first-order valence-electron chi connectivity index (χ1n) is 6.72.